The van der Waals surface area contributed by atoms with Crippen molar-refractivity contribution in [2.75, 3.05) is 13.1 Å². The fourth-order valence-corrected chi connectivity index (χ4v) is 2.91. The Hall–Kier alpha value is -2.05. The van der Waals surface area contributed by atoms with Crippen molar-refractivity contribution in [2.24, 2.45) is 11.1 Å². The molecular formula is C17H19F3N2O2. The van der Waals surface area contributed by atoms with Crippen LogP contribution in [0.15, 0.2) is 29.4 Å². The van der Waals surface area contributed by atoms with Gasteiger partial charge in [-0.3, -0.25) is 4.79 Å². The molecule has 1 atom stereocenters. The summed E-state index contributed by atoms with van der Waals surface area (Å²) in [5.74, 6) is 0.431. The number of nitrogens with zero attached hydrogens (tertiary/aromatic N) is 2. The fraction of sp³-hybridized carbons (Fsp3) is 0.529. The Bertz CT molecular complexity index is 647. The van der Waals surface area contributed by atoms with Gasteiger partial charge in [0.15, 0.2) is 0 Å². The minimum atomic E-state index is -4.40. The van der Waals surface area contributed by atoms with Gasteiger partial charge in [0, 0.05) is 31.3 Å². The number of hydrogen-bond donors (Lipinski definition) is 0. The lowest BCUT2D eigenvalue weighted by atomic mass is 9.89. The second-order valence-corrected chi connectivity index (χ2v) is 6.59. The van der Waals surface area contributed by atoms with E-state index in [1.807, 2.05) is 30.9 Å². The molecule has 0 spiro atoms. The van der Waals surface area contributed by atoms with Gasteiger partial charge >= 0.3 is 6.18 Å². The van der Waals surface area contributed by atoms with Crippen molar-refractivity contribution in [3.8, 4) is 0 Å². The van der Waals surface area contributed by atoms with Crippen molar-refractivity contribution in [1.29, 1.82) is 0 Å². The van der Waals surface area contributed by atoms with E-state index >= 15 is 0 Å². The smallest absolute Gasteiger partial charge is 0.382 e. The Balaban J connectivity index is 1.59. The van der Waals surface area contributed by atoms with Crippen LogP contribution < -0.4 is 0 Å². The molecule has 2 heterocycles. The lowest BCUT2D eigenvalue weighted by Gasteiger charge is -2.40. The summed E-state index contributed by atoms with van der Waals surface area (Å²) in [6, 6.07) is 7.31. The third-order valence-corrected chi connectivity index (χ3v) is 4.44. The second-order valence-electron chi connectivity index (χ2n) is 6.59. The zero-order valence-electron chi connectivity index (χ0n) is 13.5. The number of alkyl halides is 3. The van der Waals surface area contributed by atoms with Crippen molar-refractivity contribution in [3.05, 3.63) is 35.4 Å². The number of halogens is 3. The van der Waals surface area contributed by atoms with Gasteiger partial charge in [-0.2, -0.15) is 13.2 Å². The van der Waals surface area contributed by atoms with E-state index in [-0.39, 0.29) is 24.2 Å². The molecule has 2 aliphatic rings. The largest absolute Gasteiger partial charge is 0.428 e. The van der Waals surface area contributed by atoms with Crippen LogP contribution in [0.5, 0.6) is 0 Å². The summed E-state index contributed by atoms with van der Waals surface area (Å²) in [6.07, 6.45) is -6.51. The van der Waals surface area contributed by atoms with E-state index < -0.39 is 12.3 Å². The second kappa shape index (κ2) is 6.11. The van der Waals surface area contributed by atoms with Crippen molar-refractivity contribution < 1.29 is 22.8 Å². The first-order valence-corrected chi connectivity index (χ1v) is 7.94. The average Bonchev–Trinajstić information content (AvgIpc) is 2.96. The molecular weight excluding hydrogens is 321 g/mol. The quantitative estimate of drug-likeness (QED) is 0.847. The molecule has 1 saturated heterocycles. The van der Waals surface area contributed by atoms with E-state index in [1.54, 1.807) is 12.1 Å². The lowest BCUT2D eigenvalue weighted by Crippen LogP contribution is -2.49. The van der Waals surface area contributed by atoms with Gasteiger partial charge < -0.3 is 9.74 Å². The number of benzene rings is 1. The first-order valence-electron chi connectivity index (χ1n) is 7.94. The summed E-state index contributed by atoms with van der Waals surface area (Å²) in [5.41, 5.74) is 2.03. The Morgan fingerprint density at radius 3 is 2.38 bits per heavy atom. The summed E-state index contributed by atoms with van der Waals surface area (Å²) in [7, 11) is 0. The highest BCUT2D eigenvalue weighted by atomic mass is 19.4. The van der Waals surface area contributed by atoms with Gasteiger partial charge in [-0.15, -0.1) is 0 Å². The molecule has 1 unspecified atom stereocenters. The van der Waals surface area contributed by atoms with Crippen LogP contribution in [0.2, 0.25) is 0 Å². The van der Waals surface area contributed by atoms with Crippen LogP contribution in [-0.4, -0.2) is 41.9 Å². The number of amides is 1. The minimum absolute atomic E-state index is 0.00437. The van der Waals surface area contributed by atoms with Gasteiger partial charge in [-0.1, -0.05) is 43.3 Å². The van der Waals surface area contributed by atoms with Gasteiger partial charge in [0.2, 0.25) is 12.0 Å². The maximum atomic E-state index is 12.6. The summed E-state index contributed by atoms with van der Waals surface area (Å²) < 4.78 is 37.8. The van der Waals surface area contributed by atoms with Crippen LogP contribution in [0.25, 0.3) is 0 Å². The van der Waals surface area contributed by atoms with Crippen LogP contribution in [-0.2, 0) is 9.63 Å². The molecule has 0 N–H and O–H groups in total. The molecule has 0 aromatic heterocycles. The summed E-state index contributed by atoms with van der Waals surface area (Å²) in [5, 5.41) is 3.56. The molecule has 0 saturated carbocycles. The number of rotatable bonds is 3. The van der Waals surface area contributed by atoms with E-state index in [2.05, 4.69) is 9.99 Å². The van der Waals surface area contributed by atoms with Crippen molar-refractivity contribution in [2.45, 2.75) is 38.5 Å². The maximum absolute atomic E-state index is 12.6. The first-order chi connectivity index (χ1) is 11.3. The number of likely N-dealkylation sites (tertiary alicyclic amines) is 1. The Kier molecular flexibility index (Phi) is 4.27. The topological polar surface area (TPSA) is 41.9 Å². The highest BCUT2D eigenvalue weighted by Crippen LogP contribution is 2.32. The van der Waals surface area contributed by atoms with Gasteiger partial charge in [-0.25, -0.2) is 0 Å². The third kappa shape index (κ3) is 3.25. The van der Waals surface area contributed by atoms with E-state index in [1.165, 1.54) is 0 Å². The van der Waals surface area contributed by atoms with Gasteiger partial charge in [0.1, 0.15) is 0 Å². The number of carbonyl (C=O) groups excluding carboxylic acids is 1. The molecule has 1 fully saturated rings. The van der Waals surface area contributed by atoms with Crippen molar-refractivity contribution in [1.82, 2.24) is 4.90 Å². The average molecular weight is 340 g/mol. The predicted octanol–water partition coefficient (Wildman–Crippen LogP) is 3.32. The normalized spacial score (nSPS) is 21.5. The molecule has 24 heavy (non-hydrogen) atoms. The van der Waals surface area contributed by atoms with E-state index in [0.29, 0.717) is 24.4 Å². The van der Waals surface area contributed by atoms with Crippen LogP contribution in [0.4, 0.5) is 13.2 Å². The number of oxime groups is 1. The summed E-state index contributed by atoms with van der Waals surface area (Å²) in [6.45, 7) is 5.14. The molecule has 1 aromatic carbocycles. The van der Waals surface area contributed by atoms with Gasteiger partial charge in [-0.05, 0) is 11.1 Å². The SMILES string of the molecule is CC(C)C(=O)N1CC(c2ccc(C3=NOC(C(F)(F)F)C3)cc2)C1. The first kappa shape index (κ1) is 16.8. The third-order valence-electron chi connectivity index (χ3n) is 4.44. The van der Waals surface area contributed by atoms with Crippen LogP contribution in [0, 0.1) is 5.92 Å². The molecule has 0 aliphatic carbocycles. The van der Waals surface area contributed by atoms with E-state index in [9.17, 15) is 18.0 Å². The molecule has 2 aliphatic heterocycles. The van der Waals surface area contributed by atoms with Gasteiger partial charge in [0.05, 0.1) is 5.71 Å². The highest BCUT2D eigenvalue weighted by Gasteiger charge is 2.45. The summed E-state index contributed by atoms with van der Waals surface area (Å²) >= 11 is 0. The molecule has 0 radical (unpaired) electrons. The van der Waals surface area contributed by atoms with Crippen molar-refractivity contribution in [3.63, 3.8) is 0 Å². The molecule has 130 valence electrons. The van der Waals surface area contributed by atoms with Crippen LogP contribution in [0.1, 0.15) is 37.3 Å². The Morgan fingerprint density at radius 2 is 1.88 bits per heavy atom. The van der Waals surface area contributed by atoms with Crippen LogP contribution in [0.3, 0.4) is 0 Å². The predicted molar refractivity (Wildman–Crippen MR) is 82.7 cm³/mol. The molecule has 1 aromatic rings. The van der Waals surface area contributed by atoms with E-state index in [0.717, 1.165) is 5.56 Å². The van der Waals surface area contributed by atoms with Crippen LogP contribution >= 0.6 is 0 Å². The zero-order valence-corrected chi connectivity index (χ0v) is 13.5. The standard InChI is InChI=1S/C17H19F3N2O2/c1-10(2)16(23)22-8-13(9-22)11-3-5-12(6-4-11)14-7-15(24-21-14)17(18,19)20/h3-6,10,13,15H,7-9H2,1-2H3. The molecule has 0 bridgehead atoms. The van der Waals surface area contributed by atoms with Gasteiger partial charge in [0.25, 0.3) is 0 Å². The Morgan fingerprint density at radius 1 is 1.25 bits per heavy atom. The van der Waals surface area contributed by atoms with E-state index in [4.69, 9.17) is 0 Å². The maximum Gasteiger partial charge on any atom is 0.428 e. The number of hydrogen-bond acceptors (Lipinski definition) is 3. The molecule has 3 rings (SSSR count). The number of carbonyl (C=O) groups is 1. The summed E-state index contributed by atoms with van der Waals surface area (Å²) in [4.78, 5) is 18.1. The minimum Gasteiger partial charge on any atom is -0.382 e. The highest BCUT2D eigenvalue weighted by molar-refractivity contribution is 6.01. The zero-order chi connectivity index (χ0) is 17.5. The van der Waals surface area contributed by atoms with Crippen molar-refractivity contribution >= 4 is 11.6 Å². The molecule has 1 amide bonds. The lowest BCUT2D eigenvalue weighted by molar-refractivity contribution is -0.212. The molecule has 7 heteroatoms. The monoisotopic (exact) mass is 340 g/mol. The fourth-order valence-electron chi connectivity index (χ4n) is 2.91. The molecule has 4 nitrogen and oxygen atoms in total. The Labute approximate surface area is 138 Å².